The molecule has 2 fully saturated rings. The molecule has 4 nitrogen and oxygen atoms in total. The zero-order valence-electron chi connectivity index (χ0n) is 39.1. The van der Waals surface area contributed by atoms with Crippen molar-refractivity contribution in [2.24, 2.45) is 0 Å². The van der Waals surface area contributed by atoms with Gasteiger partial charge in [0, 0.05) is 38.0 Å². The van der Waals surface area contributed by atoms with Crippen molar-refractivity contribution in [1.82, 2.24) is 9.80 Å². The second-order valence-electron chi connectivity index (χ2n) is 18.7. The molecule has 0 radical (unpaired) electrons. The van der Waals surface area contributed by atoms with E-state index < -0.39 is 34.7 Å². The first-order valence-corrected chi connectivity index (χ1v) is 24.5. The Bertz CT molecular complexity index is 2410. The minimum atomic E-state index is -4.59. The predicted octanol–water partition coefficient (Wildman–Crippen LogP) is 15.1. The van der Waals surface area contributed by atoms with Crippen molar-refractivity contribution in [1.29, 1.82) is 0 Å². The largest absolute Gasteiger partial charge is 0.417 e. The first-order chi connectivity index (χ1) is 34.1. The number of hydrogen-bond donors (Lipinski definition) is 2. The summed E-state index contributed by atoms with van der Waals surface area (Å²) in [7, 11) is 0. The molecule has 6 aromatic carbocycles. The van der Waals surface area contributed by atoms with E-state index in [9.17, 15) is 54.1 Å². The molecule has 0 bridgehead atoms. The van der Waals surface area contributed by atoms with Gasteiger partial charge in [0.15, 0.2) is 0 Å². The van der Waals surface area contributed by atoms with Gasteiger partial charge in [0.05, 0.1) is 32.4 Å². The van der Waals surface area contributed by atoms with Gasteiger partial charge in [-0.3, -0.25) is 0 Å². The van der Waals surface area contributed by atoms with Crippen molar-refractivity contribution in [2.75, 3.05) is 39.3 Å². The van der Waals surface area contributed by atoms with Crippen LogP contribution in [0.15, 0.2) is 133 Å². The first-order valence-electron chi connectivity index (χ1n) is 23.8. The van der Waals surface area contributed by atoms with Crippen LogP contribution < -0.4 is 0 Å². The molecule has 0 saturated carbocycles. The Hall–Kier alpha value is -4.96. The minimum absolute atomic E-state index is 0.0252. The van der Waals surface area contributed by atoms with Crippen molar-refractivity contribution in [2.45, 2.75) is 86.8 Å². The van der Waals surface area contributed by atoms with Gasteiger partial charge in [-0.15, -0.1) is 0 Å². The molecule has 2 heterocycles. The van der Waals surface area contributed by atoms with Crippen molar-refractivity contribution >= 4 is 23.2 Å². The topological polar surface area (TPSA) is 46.9 Å². The van der Waals surface area contributed by atoms with E-state index in [1.54, 1.807) is 48.5 Å². The maximum atomic E-state index is 13.4. The number of alkyl halides is 6. The normalized spacial score (nSPS) is 16.4. The van der Waals surface area contributed by atoms with Crippen LogP contribution in [0, 0.1) is 23.3 Å². The summed E-state index contributed by atoms with van der Waals surface area (Å²) in [4.78, 5) is 4.36. The number of benzene rings is 6. The van der Waals surface area contributed by atoms with E-state index in [0.29, 0.717) is 51.9 Å². The van der Waals surface area contributed by atoms with Gasteiger partial charge in [0.2, 0.25) is 0 Å². The molecule has 6 aromatic rings. The average Bonchev–Trinajstić information content (AvgIpc) is 3.34. The number of nitrogens with zero attached hydrogens (tertiary/aromatic N) is 2. The lowest BCUT2D eigenvalue weighted by atomic mass is 9.83. The fraction of sp³-hybridized carbons (Fsp3) is 0.357. The highest BCUT2D eigenvalue weighted by molar-refractivity contribution is 6.31. The summed E-state index contributed by atoms with van der Waals surface area (Å²) in [6, 6.07) is 32.5. The molecule has 2 aliphatic heterocycles. The van der Waals surface area contributed by atoms with E-state index in [2.05, 4.69) is 9.80 Å². The lowest BCUT2D eigenvalue weighted by Crippen LogP contribution is -2.43. The zero-order valence-corrected chi connectivity index (χ0v) is 40.6. The summed E-state index contributed by atoms with van der Waals surface area (Å²) in [5.41, 5.74) is -0.331. The maximum Gasteiger partial charge on any atom is 0.417 e. The molecule has 0 unspecified atom stereocenters. The summed E-state index contributed by atoms with van der Waals surface area (Å²) < 4.78 is 133. The Labute approximate surface area is 422 Å². The van der Waals surface area contributed by atoms with Crippen LogP contribution in [-0.4, -0.2) is 59.3 Å². The van der Waals surface area contributed by atoms with Gasteiger partial charge in [0.1, 0.15) is 23.3 Å². The highest BCUT2D eigenvalue weighted by atomic mass is 35.5. The second kappa shape index (κ2) is 23.5. The summed E-state index contributed by atoms with van der Waals surface area (Å²) in [6.45, 7) is 3.64. The van der Waals surface area contributed by atoms with Crippen LogP contribution in [0.2, 0.25) is 10.0 Å². The highest BCUT2D eigenvalue weighted by Gasteiger charge is 2.40. The Morgan fingerprint density at radius 1 is 0.431 bits per heavy atom. The molecule has 72 heavy (non-hydrogen) atoms. The number of hydrogen-bond acceptors (Lipinski definition) is 4. The number of piperidine rings is 2. The molecule has 0 aromatic heterocycles. The van der Waals surface area contributed by atoms with Gasteiger partial charge in [-0.05, 0) is 171 Å². The molecule has 2 saturated heterocycles. The average molecular weight is 1050 g/mol. The van der Waals surface area contributed by atoms with Gasteiger partial charge in [-0.2, -0.15) is 26.3 Å². The molecule has 0 amide bonds. The van der Waals surface area contributed by atoms with Crippen LogP contribution >= 0.6 is 23.2 Å². The van der Waals surface area contributed by atoms with Crippen molar-refractivity contribution in [3.8, 4) is 0 Å². The SMILES string of the molecule is OC1(c2ccc(Cl)c(C(F)(F)F)c2)CCN(CCCC(c2ccc(F)cc2)c2ccc(F)cc2)CC1.OC1(c2ccc(Cl)c(C(F)(F)F)c2)CCN(CCCC(c2ccc(F)cc2)c2ccc(F)cc2)CC1. The fourth-order valence-corrected chi connectivity index (χ4v) is 10.3. The molecule has 2 aliphatic rings. The molecular formula is C56H54Cl2F10N2O2. The highest BCUT2D eigenvalue weighted by Crippen LogP contribution is 2.42. The Kier molecular flexibility index (Phi) is 17.9. The lowest BCUT2D eigenvalue weighted by molar-refractivity contribution is -0.138. The maximum absolute atomic E-state index is 13.4. The fourth-order valence-electron chi connectivity index (χ4n) is 9.80. The Morgan fingerprint density at radius 2 is 0.694 bits per heavy atom. The molecule has 0 atom stereocenters. The van der Waals surface area contributed by atoms with E-state index in [1.165, 1.54) is 72.8 Å². The van der Waals surface area contributed by atoms with Crippen molar-refractivity contribution < 1.29 is 54.1 Å². The van der Waals surface area contributed by atoms with Crippen LogP contribution in [0.25, 0.3) is 0 Å². The van der Waals surface area contributed by atoms with Crippen molar-refractivity contribution in [3.05, 3.63) is 211 Å². The predicted molar refractivity (Wildman–Crippen MR) is 260 cm³/mol. The molecule has 0 aliphatic carbocycles. The third-order valence-electron chi connectivity index (χ3n) is 14.0. The molecule has 8 rings (SSSR count). The molecule has 384 valence electrons. The van der Waals surface area contributed by atoms with Crippen molar-refractivity contribution in [3.63, 3.8) is 0 Å². The van der Waals surface area contributed by atoms with Gasteiger partial charge < -0.3 is 20.0 Å². The third kappa shape index (κ3) is 14.2. The smallest absolute Gasteiger partial charge is 0.385 e. The third-order valence-corrected chi connectivity index (χ3v) is 14.7. The van der Waals surface area contributed by atoms with Gasteiger partial charge in [-0.25, -0.2) is 17.6 Å². The van der Waals surface area contributed by atoms with Gasteiger partial charge >= 0.3 is 12.4 Å². The summed E-state index contributed by atoms with van der Waals surface area (Å²) >= 11 is 11.5. The summed E-state index contributed by atoms with van der Waals surface area (Å²) in [5.74, 6) is -1.33. The first kappa shape index (κ1) is 54.8. The van der Waals surface area contributed by atoms with E-state index in [-0.39, 0.29) is 56.3 Å². The van der Waals surface area contributed by atoms with E-state index in [0.717, 1.165) is 73.2 Å². The Morgan fingerprint density at radius 3 is 0.944 bits per heavy atom. The van der Waals surface area contributed by atoms with Crippen LogP contribution in [0.1, 0.15) is 108 Å². The van der Waals surface area contributed by atoms with Crippen LogP contribution in [0.3, 0.4) is 0 Å². The lowest BCUT2D eigenvalue weighted by Gasteiger charge is -2.39. The number of aliphatic hydroxyl groups is 2. The Balaban J connectivity index is 0.000000211. The summed E-state index contributed by atoms with van der Waals surface area (Å²) in [5, 5.41) is 21.4. The number of halogens is 12. The van der Waals surface area contributed by atoms with Gasteiger partial charge in [-0.1, -0.05) is 83.9 Å². The number of rotatable bonds is 14. The molecular weight excluding hydrogens is 994 g/mol. The number of likely N-dealkylation sites (tertiary alicyclic amines) is 2. The standard InChI is InChI=1S/2C28H27ClF5NO/c2*29-26-12-7-21(18-25(26)28(32,33)34)27(36)13-16-35(17-14-27)15-1-2-24(19-3-8-22(30)9-4-19)20-5-10-23(31)11-6-20/h2*3-12,18,24,36H,1-2,13-17H2. The quantitative estimate of drug-likeness (QED) is 0.107. The van der Waals surface area contributed by atoms with E-state index in [4.69, 9.17) is 23.2 Å². The zero-order chi connectivity index (χ0) is 51.8. The van der Waals surface area contributed by atoms with Crippen LogP contribution in [0.5, 0.6) is 0 Å². The molecule has 0 spiro atoms. The molecule has 16 heteroatoms. The monoisotopic (exact) mass is 1050 g/mol. The molecule has 2 N–H and O–H groups in total. The summed E-state index contributed by atoms with van der Waals surface area (Å²) in [6.07, 6.45) is -4.82. The second-order valence-corrected chi connectivity index (χ2v) is 19.5. The van der Waals surface area contributed by atoms with Crippen LogP contribution in [0.4, 0.5) is 43.9 Å². The van der Waals surface area contributed by atoms with E-state index in [1.807, 2.05) is 0 Å². The van der Waals surface area contributed by atoms with Crippen LogP contribution in [-0.2, 0) is 23.6 Å². The minimum Gasteiger partial charge on any atom is -0.385 e. The van der Waals surface area contributed by atoms with E-state index >= 15 is 0 Å². The van der Waals surface area contributed by atoms with Gasteiger partial charge in [0.25, 0.3) is 0 Å².